The molecule has 0 fully saturated rings. The van der Waals surface area contributed by atoms with Crippen LogP contribution in [0.5, 0.6) is 0 Å². The third-order valence-electron chi connectivity index (χ3n) is 4.72. The van der Waals surface area contributed by atoms with E-state index in [0.29, 0.717) is 0 Å². The number of thiazole rings is 1. The second-order valence-corrected chi connectivity index (χ2v) is 9.65. The minimum absolute atomic E-state index is 0.797. The van der Waals surface area contributed by atoms with Gasteiger partial charge in [-0.1, -0.05) is 49.4 Å². The summed E-state index contributed by atoms with van der Waals surface area (Å²) in [5.74, 6) is 1.76. The second-order valence-electron chi connectivity index (χ2n) is 6.85. The van der Waals surface area contributed by atoms with E-state index in [-0.39, 0.29) is 0 Å². The molecule has 0 aliphatic rings. The SMILES string of the molecule is CCCc1cc(-c2nnc(SCc3csc(-c4ccccc4C)n3)n2CC)cs1. The van der Waals surface area contributed by atoms with E-state index in [1.807, 2.05) is 11.3 Å². The Hall–Kier alpha value is -1.96. The summed E-state index contributed by atoms with van der Waals surface area (Å²) in [6.07, 6.45) is 2.29. The zero-order chi connectivity index (χ0) is 20.2. The van der Waals surface area contributed by atoms with Crippen LogP contribution in [-0.4, -0.2) is 19.7 Å². The highest BCUT2D eigenvalue weighted by atomic mass is 32.2. The maximum atomic E-state index is 4.84. The van der Waals surface area contributed by atoms with Crippen molar-refractivity contribution in [3.05, 3.63) is 57.2 Å². The number of thiophene rings is 1. The minimum Gasteiger partial charge on any atom is -0.302 e. The topological polar surface area (TPSA) is 43.6 Å². The summed E-state index contributed by atoms with van der Waals surface area (Å²) >= 11 is 5.23. The highest BCUT2D eigenvalue weighted by molar-refractivity contribution is 7.98. The van der Waals surface area contributed by atoms with Crippen molar-refractivity contribution in [1.29, 1.82) is 0 Å². The third kappa shape index (κ3) is 4.47. The van der Waals surface area contributed by atoms with Gasteiger partial charge in [-0.15, -0.1) is 32.9 Å². The Morgan fingerprint density at radius 3 is 2.72 bits per heavy atom. The molecule has 3 heterocycles. The zero-order valence-electron chi connectivity index (χ0n) is 16.9. The largest absolute Gasteiger partial charge is 0.302 e. The standard InChI is InChI=1S/C22H24N4S3/c1-4-8-18-11-16(12-27-18)20-24-25-22(26(20)5-2)29-14-17-13-28-21(23-17)19-10-7-6-9-15(19)3/h6-7,9-13H,4-5,8,14H2,1-3H3. The number of aryl methyl sites for hydroxylation is 2. The Bertz CT molecular complexity index is 1090. The normalized spacial score (nSPS) is 11.3. The van der Waals surface area contributed by atoms with Gasteiger partial charge < -0.3 is 4.57 Å². The van der Waals surface area contributed by atoms with Crippen molar-refractivity contribution in [2.24, 2.45) is 0 Å². The lowest BCUT2D eigenvalue weighted by atomic mass is 10.1. The van der Waals surface area contributed by atoms with Crippen LogP contribution in [-0.2, 0) is 18.7 Å². The Kier molecular flexibility index (Phi) is 6.47. The number of thioether (sulfide) groups is 1. The fourth-order valence-electron chi connectivity index (χ4n) is 3.22. The van der Waals surface area contributed by atoms with Gasteiger partial charge in [0.15, 0.2) is 11.0 Å². The second kappa shape index (κ2) is 9.24. The van der Waals surface area contributed by atoms with Gasteiger partial charge >= 0.3 is 0 Å². The predicted molar refractivity (Wildman–Crippen MR) is 125 cm³/mol. The van der Waals surface area contributed by atoms with Gasteiger partial charge in [0.1, 0.15) is 5.01 Å². The predicted octanol–water partition coefficient (Wildman–Crippen LogP) is 6.70. The molecular weight excluding hydrogens is 416 g/mol. The summed E-state index contributed by atoms with van der Waals surface area (Å²) in [4.78, 5) is 6.25. The molecule has 7 heteroatoms. The number of aromatic nitrogens is 4. The number of nitrogens with zero attached hydrogens (tertiary/aromatic N) is 4. The summed E-state index contributed by atoms with van der Waals surface area (Å²) in [5.41, 5.74) is 4.74. The number of benzene rings is 1. The van der Waals surface area contributed by atoms with Crippen LogP contribution in [0, 0.1) is 6.92 Å². The fourth-order valence-corrected chi connectivity index (χ4v) is 6.10. The Labute approximate surface area is 184 Å². The molecule has 0 bridgehead atoms. The lowest BCUT2D eigenvalue weighted by molar-refractivity contribution is 0.687. The lowest BCUT2D eigenvalue weighted by Gasteiger charge is -2.05. The van der Waals surface area contributed by atoms with Crippen LogP contribution in [0.15, 0.2) is 46.2 Å². The highest BCUT2D eigenvalue weighted by Crippen LogP contribution is 2.31. The van der Waals surface area contributed by atoms with Crippen LogP contribution in [0.4, 0.5) is 0 Å². The smallest absolute Gasteiger partial charge is 0.191 e. The van der Waals surface area contributed by atoms with Crippen LogP contribution in [0.2, 0.25) is 0 Å². The molecule has 0 atom stereocenters. The van der Waals surface area contributed by atoms with Crippen molar-refractivity contribution >= 4 is 34.4 Å². The van der Waals surface area contributed by atoms with E-state index < -0.39 is 0 Å². The Balaban J connectivity index is 1.49. The molecular formula is C22H24N4S3. The van der Waals surface area contributed by atoms with Crippen LogP contribution in [0.1, 0.15) is 36.4 Å². The van der Waals surface area contributed by atoms with Gasteiger partial charge in [0.2, 0.25) is 0 Å². The summed E-state index contributed by atoms with van der Waals surface area (Å²) in [6, 6.07) is 10.7. The summed E-state index contributed by atoms with van der Waals surface area (Å²) in [6.45, 7) is 7.35. The van der Waals surface area contributed by atoms with E-state index >= 15 is 0 Å². The first-order chi connectivity index (χ1) is 14.2. The molecule has 0 aliphatic carbocycles. The van der Waals surface area contributed by atoms with Crippen LogP contribution in [0.3, 0.4) is 0 Å². The molecule has 150 valence electrons. The molecule has 0 unspecified atom stereocenters. The van der Waals surface area contributed by atoms with Crippen LogP contribution < -0.4 is 0 Å². The Morgan fingerprint density at radius 1 is 1.07 bits per heavy atom. The average molecular weight is 441 g/mol. The van der Waals surface area contributed by atoms with Crippen molar-refractivity contribution in [3.63, 3.8) is 0 Å². The molecule has 29 heavy (non-hydrogen) atoms. The first-order valence-electron chi connectivity index (χ1n) is 9.83. The third-order valence-corrected chi connectivity index (χ3v) is 7.64. The molecule has 0 aliphatic heterocycles. The van der Waals surface area contributed by atoms with Gasteiger partial charge in [-0.3, -0.25) is 0 Å². The van der Waals surface area contributed by atoms with E-state index in [1.165, 1.54) is 28.0 Å². The summed E-state index contributed by atoms with van der Waals surface area (Å²) < 4.78 is 2.21. The van der Waals surface area contributed by atoms with E-state index in [1.54, 1.807) is 23.1 Å². The van der Waals surface area contributed by atoms with Crippen molar-refractivity contribution in [2.75, 3.05) is 0 Å². The number of hydrogen-bond donors (Lipinski definition) is 0. The Morgan fingerprint density at radius 2 is 1.93 bits per heavy atom. The van der Waals surface area contributed by atoms with Crippen molar-refractivity contribution in [3.8, 4) is 22.0 Å². The highest BCUT2D eigenvalue weighted by Gasteiger charge is 2.15. The quantitative estimate of drug-likeness (QED) is 0.286. The zero-order valence-corrected chi connectivity index (χ0v) is 19.3. The molecule has 4 rings (SSSR count). The van der Waals surface area contributed by atoms with Crippen LogP contribution >= 0.6 is 34.4 Å². The molecule has 0 amide bonds. The maximum Gasteiger partial charge on any atom is 0.191 e. The van der Waals surface area contributed by atoms with Crippen molar-refractivity contribution < 1.29 is 0 Å². The molecule has 4 aromatic rings. The fraction of sp³-hybridized carbons (Fsp3) is 0.318. The molecule has 0 saturated carbocycles. The van der Waals surface area contributed by atoms with Gasteiger partial charge in [0.25, 0.3) is 0 Å². The van der Waals surface area contributed by atoms with E-state index in [0.717, 1.165) is 40.4 Å². The van der Waals surface area contributed by atoms with Crippen molar-refractivity contribution in [1.82, 2.24) is 19.7 Å². The van der Waals surface area contributed by atoms with Crippen molar-refractivity contribution in [2.45, 2.75) is 51.1 Å². The summed E-state index contributed by atoms with van der Waals surface area (Å²) in [7, 11) is 0. The number of hydrogen-bond acceptors (Lipinski definition) is 6. The van der Waals surface area contributed by atoms with Gasteiger partial charge in [-0.25, -0.2) is 4.98 Å². The molecule has 0 N–H and O–H groups in total. The van der Waals surface area contributed by atoms with Crippen LogP contribution in [0.25, 0.3) is 22.0 Å². The van der Waals surface area contributed by atoms with E-state index in [9.17, 15) is 0 Å². The molecule has 0 spiro atoms. The summed E-state index contributed by atoms with van der Waals surface area (Å²) in [5, 5.41) is 15.3. The van der Waals surface area contributed by atoms with Gasteiger partial charge in [-0.05, 0) is 31.9 Å². The first-order valence-corrected chi connectivity index (χ1v) is 12.6. The van der Waals surface area contributed by atoms with Gasteiger partial charge in [-0.2, -0.15) is 0 Å². The van der Waals surface area contributed by atoms with E-state index in [2.05, 4.69) is 76.6 Å². The van der Waals surface area contributed by atoms with Gasteiger partial charge in [0, 0.05) is 39.1 Å². The molecule has 4 nitrogen and oxygen atoms in total. The van der Waals surface area contributed by atoms with E-state index in [4.69, 9.17) is 4.98 Å². The van der Waals surface area contributed by atoms with Gasteiger partial charge in [0.05, 0.1) is 5.69 Å². The minimum atomic E-state index is 0.797. The molecule has 0 radical (unpaired) electrons. The lowest BCUT2D eigenvalue weighted by Crippen LogP contribution is -1.99. The number of rotatable bonds is 8. The monoisotopic (exact) mass is 440 g/mol. The molecule has 1 aromatic carbocycles. The first kappa shape index (κ1) is 20.3. The molecule has 3 aromatic heterocycles. The average Bonchev–Trinajstić information content (AvgIpc) is 3.46. The molecule has 0 saturated heterocycles. The maximum absolute atomic E-state index is 4.84.